The molecule has 0 saturated carbocycles. The number of carboxylic acid groups (broad SMARTS) is 1. The van der Waals surface area contributed by atoms with Crippen molar-refractivity contribution in [2.75, 3.05) is 6.61 Å². The van der Waals surface area contributed by atoms with Crippen LogP contribution >= 0.6 is 0 Å². The molecule has 2 aromatic rings. The van der Waals surface area contributed by atoms with Gasteiger partial charge in [-0.3, -0.25) is 0 Å². The highest BCUT2D eigenvalue weighted by Gasteiger charge is 2.48. The van der Waals surface area contributed by atoms with Crippen molar-refractivity contribution in [1.29, 1.82) is 0 Å². The van der Waals surface area contributed by atoms with Crippen LogP contribution in [0.4, 0.5) is 13.2 Å². The molecule has 1 aromatic carbocycles. The van der Waals surface area contributed by atoms with Crippen LogP contribution in [0, 0.1) is 0 Å². The minimum Gasteiger partial charge on any atom is -0.493 e. The summed E-state index contributed by atoms with van der Waals surface area (Å²) in [5.74, 6) is -0.714. The number of hydrogen-bond donors (Lipinski definition) is 1. The van der Waals surface area contributed by atoms with Crippen LogP contribution in [0.3, 0.4) is 0 Å². The van der Waals surface area contributed by atoms with E-state index in [4.69, 9.17) is 19.0 Å². The van der Waals surface area contributed by atoms with Crippen molar-refractivity contribution in [1.82, 2.24) is 0 Å². The van der Waals surface area contributed by atoms with Gasteiger partial charge in [0.1, 0.15) is 17.3 Å². The summed E-state index contributed by atoms with van der Waals surface area (Å²) in [5, 5.41) is 8.98. The summed E-state index contributed by atoms with van der Waals surface area (Å²) in [6.45, 7) is 0.269. The normalized spacial score (nSPS) is 16.6. The van der Waals surface area contributed by atoms with Crippen LogP contribution in [0.2, 0.25) is 0 Å². The molecule has 0 radical (unpaired) electrons. The molecule has 0 aliphatic carbocycles. The van der Waals surface area contributed by atoms with Crippen molar-refractivity contribution >= 4 is 12.0 Å². The van der Waals surface area contributed by atoms with Crippen LogP contribution < -0.4 is 9.47 Å². The van der Waals surface area contributed by atoms with Gasteiger partial charge in [-0.15, -0.1) is 0 Å². The molecule has 25 heavy (non-hydrogen) atoms. The summed E-state index contributed by atoms with van der Waals surface area (Å²) in [7, 11) is 0. The fourth-order valence-electron chi connectivity index (χ4n) is 2.40. The first-order valence-electron chi connectivity index (χ1n) is 7.32. The number of halogens is 3. The Morgan fingerprint density at radius 2 is 2.08 bits per heavy atom. The smallest absolute Gasteiger partial charge is 0.430 e. The number of rotatable bonds is 5. The van der Waals surface area contributed by atoms with Gasteiger partial charge < -0.3 is 19.0 Å². The lowest BCUT2D eigenvalue weighted by atomic mass is 10.0. The molecule has 8 heteroatoms. The number of alkyl halides is 3. The zero-order valence-corrected chi connectivity index (χ0v) is 12.7. The first-order valence-corrected chi connectivity index (χ1v) is 7.32. The van der Waals surface area contributed by atoms with Crippen molar-refractivity contribution in [2.24, 2.45) is 0 Å². The standard InChI is InChI=1S/C17H13F3O5/c18-17(19,20)15-13(16(21)22)8-10-3-4-12(9-14(10)25-15)24-7-5-11-2-1-6-23-11/h1-4,6,8-9,15H,5,7H2,(H,21,22). The fourth-order valence-corrected chi connectivity index (χ4v) is 2.40. The first-order chi connectivity index (χ1) is 11.8. The van der Waals surface area contributed by atoms with E-state index in [9.17, 15) is 18.0 Å². The maximum absolute atomic E-state index is 13.0. The quantitative estimate of drug-likeness (QED) is 0.887. The number of furan rings is 1. The Balaban J connectivity index is 1.77. The lowest BCUT2D eigenvalue weighted by Crippen LogP contribution is -2.40. The van der Waals surface area contributed by atoms with Gasteiger partial charge in [0.25, 0.3) is 0 Å². The third kappa shape index (κ3) is 3.78. The highest BCUT2D eigenvalue weighted by molar-refractivity contribution is 5.95. The molecule has 1 atom stereocenters. The van der Waals surface area contributed by atoms with E-state index in [1.54, 1.807) is 12.1 Å². The fraction of sp³-hybridized carbons (Fsp3) is 0.235. The zero-order chi connectivity index (χ0) is 18.0. The van der Waals surface area contributed by atoms with Crippen LogP contribution in [0.15, 0.2) is 46.6 Å². The van der Waals surface area contributed by atoms with Crippen LogP contribution in [0.1, 0.15) is 11.3 Å². The Labute approximate surface area is 140 Å². The molecule has 0 saturated heterocycles. The largest absolute Gasteiger partial charge is 0.493 e. The van der Waals surface area contributed by atoms with E-state index in [1.165, 1.54) is 24.5 Å². The topological polar surface area (TPSA) is 68.9 Å². The van der Waals surface area contributed by atoms with Crippen molar-refractivity contribution in [3.05, 3.63) is 53.5 Å². The number of benzene rings is 1. The van der Waals surface area contributed by atoms with Crippen LogP contribution in [0.5, 0.6) is 11.5 Å². The number of carboxylic acids is 1. The van der Waals surface area contributed by atoms with Crippen molar-refractivity contribution in [3.63, 3.8) is 0 Å². The minimum atomic E-state index is -4.84. The van der Waals surface area contributed by atoms with Gasteiger partial charge in [-0.05, 0) is 30.3 Å². The number of ether oxygens (including phenoxy) is 2. The minimum absolute atomic E-state index is 0.0807. The molecular formula is C17H13F3O5. The van der Waals surface area contributed by atoms with E-state index in [0.29, 0.717) is 12.2 Å². The third-order valence-corrected chi connectivity index (χ3v) is 3.56. The Kier molecular flexibility index (Phi) is 4.43. The molecule has 0 bridgehead atoms. The van der Waals surface area contributed by atoms with Crippen LogP contribution in [-0.2, 0) is 11.2 Å². The predicted octanol–water partition coefficient (Wildman–Crippen LogP) is 3.69. The molecule has 0 amide bonds. The van der Waals surface area contributed by atoms with Crippen molar-refractivity contribution in [3.8, 4) is 11.5 Å². The second kappa shape index (κ2) is 6.54. The lowest BCUT2D eigenvalue weighted by Gasteiger charge is -2.27. The van der Waals surface area contributed by atoms with Gasteiger partial charge in [0.2, 0.25) is 6.10 Å². The Bertz CT molecular complexity index is 793. The predicted molar refractivity (Wildman–Crippen MR) is 80.4 cm³/mol. The van der Waals surface area contributed by atoms with Crippen molar-refractivity contribution in [2.45, 2.75) is 18.7 Å². The molecule has 5 nitrogen and oxygen atoms in total. The van der Waals surface area contributed by atoms with Gasteiger partial charge in [-0.25, -0.2) is 4.79 Å². The van der Waals surface area contributed by atoms with Crippen LogP contribution in [0.25, 0.3) is 6.08 Å². The maximum atomic E-state index is 13.0. The summed E-state index contributed by atoms with van der Waals surface area (Å²) in [6.07, 6.45) is -4.36. The van der Waals surface area contributed by atoms with Crippen molar-refractivity contribution < 1.29 is 37.0 Å². The summed E-state index contributed by atoms with van der Waals surface area (Å²) < 4.78 is 54.6. The number of fused-ring (bicyclic) bond motifs is 1. The lowest BCUT2D eigenvalue weighted by molar-refractivity contribution is -0.187. The van der Waals surface area contributed by atoms with E-state index < -0.39 is 23.8 Å². The first kappa shape index (κ1) is 16.9. The Morgan fingerprint density at radius 3 is 2.72 bits per heavy atom. The Hall–Kier alpha value is -2.90. The third-order valence-electron chi connectivity index (χ3n) is 3.56. The van der Waals surface area contributed by atoms with E-state index in [0.717, 1.165) is 11.8 Å². The summed E-state index contributed by atoms with van der Waals surface area (Å²) in [5.41, 5.74) is -0.609. The van der Waals surface area contributed by atoms with Gasteiger partial charge in [0.15, 0.2) is 0 Å². The van der Waals surface area contributed by atoms with E-state index in [1.807, 2.05) is 0 Å². The molecule has 2 heterocycles. The average molecular weight is 354 g/mol. The molecule has 0 spiro atoms. The zero-order valence-electron chi connectivity index (χ0n) is 12.7. The highest BCUT2D eigenvalue weighted by Crippen LogP contribution is 2.38. The van der Waals surface area contributed by atoms with Gasteiger partial charge in [-0.1, -0.05) is 0 Å². The monoisotopic (exact) mass is 354 g/mol. The number of aliphatic carboxylic acids is 1. The summed E-state index contributed by atoms with van der Waals surface area (Å²) in [6, 6.07) is 7.82. The highest BCUT2D eigenvalue weighted by atomic mass is 19.4. The molecule has 132 valence electrons. The second-order valence-electron chi connectivity index (χ2n) is 5.32. The molecular weight excluding hydrogens is 341 g/mol. The maximum Gasteiger partial charge on any atom is 0.430 e. The Morgan fingerprint density at radius 1 is 1.28 bits per heavy atom. The van der Waals surface area contributed by atoms with Gasteiger partial charge in [0, 0.05) is 18.1 Å². The number of hydrogen-bond acceptors (Lipinski definition) is 4. The molecule has 1 aromatic heterocycles. The van der Waals surface area contributed by atoms with E-state index in [2.05, 4.69) is 0 Å². The number of carbonyl (C=O) groups is 1. The average Bonchev–Trinajstić information content (AvgIpc) is 3.06. The molecule has 3 rings (SSSR count). The second-order valence-corrected chi connectivity index (χ2v) is 5.32. The van der Waals surface area contributed by atoms with E-state index >= 15 is 0 Å². The van der Waals surface area contributed by atoms with Crippen LogP contribution in [-0.4, -0.2) is 30.0 Å². The van der Waals surface area contributed by atoms with Gasteiger partial charge >= 0.3 is 12.1 Å². The SMILES string of the molecule is O=C(O)C1=Cc2ccc(OCCc3ccco3)cc2OC1C(F)(F)F. The molecule has 1 unspecified atom stereocenters. The van der Waals surface area contributed by atoms with Gasteiger partial charge in [0.05, 0.1) is 18.4 Å². The van der Waals surface area contributed by atoms with Gasteiger partial charge in [-0.2, -0.15) is 13.2 Å². The summed E-state index contributed by atoms with van der Waals surface area (Å²) in [4.78, 5) is 11.1. The molecule has 0 fully saturated rings. The molecule has 1 aliphatic heterocycles. The molecule has 1 aliphatic rings. The summed E-state index contributed by atoms with van der Waals surface area (Å²) >= 11 is 0. The molecule has 1 N–H and O–H groups in total. The van der Waals surface area contributed by atoms with E-state index in [-0.39, 0.29) is 17.9 Å².